The van der Waals surface area contributed by atoms with Crippen molar-refractivity contribution in [3.05, 3.63) is 29.8 Å². The van der Waals surface area contributed by atoms with E-state index < -0.39 is 0 Å². The van der Waals surface area contributed by atoms with Gasteiger partial charge in [0.15, 0.2) is 5.78 Å². The molecule has 1 aromatic carbocycles. The number of likely N-dealkylation sites (N-methyl/N-ethyl adjacent to an activating group) is 1. The lowest BCUT2D eigenvalue weighted by Crippen LogP contribution is -2.22. The van der Waals surface area contributed by atoms with Crippen molar-refractivity contribution in [1.82, 2.24) is 5.32 Å². The summed E-state index contributed by atoms with van der Waals surface area (Å²) in [4.78, 5) is 11.5. The molecular weight excluding hydrogens is 178 g/mol. The summed E-state index contributed by atoms with van der Waals surface area (Å²) in [6.45, 7) is 3.17. The van der Waals surface area contributed by atoms with Crippen LogP contribution in [0, 0.1) is 0 Å². The Kier molecular flexibility index (Phi) is 4.13. The van der Waals surface area contributed by atoms with E-state index in [1.54, 1.807) is 31.4 Å². The predicted molar refractivity (Wildman–Crippen MR) is 55.9 cm³/mol. The van der Waals surface area contributed by atoms with Gasteiger partial charge in [-0.3, -0.25) is 4.79 Å². The van der Waals surface area contributed by atoms with Crippen molar-refractivity contribution in [2.45, 2.75) is 6.92 Å². The standard InChI is InChI=1S/C11H15NO2/c1-3-12-8-11(13)9-4-6-10(14-2)7-5-9/h4-7,12H,3,8H2,1-2H3. The van der Waals surface area contributed by atoms with Gasteiger partial charge < -0.3 is 10.1 Å². The third-order valence-corrected chi connectivity index (χ3v) is 1.95. The van der Waals surface area contributed by atoms with Gasteiger partial charge in [-0.15, -0.1) is 0 Å². The molecule has 0 atom stereocenters. The van der Waals surface area contributed by atoms with Gasteiger partial charge in [-0.2, -0.15) is 0 Å². The van der Waals surface area contributed by atoms with Crippen LogP contribution in [0.4, 0.5) is 0 Å². The van der Waals surface area contributed by atoms with Crippen LogP contribution in [0.2, 0.25) is 0 Å². The molecule has 0 unspecified atom stereocenters. The lowest BCUT2D eigenvalue weighted by Gasteiger charge is -2.03. The van der Waals surface area contributed by atoms with Crippen molar-refractivity contribution in [2.75, 3.05) is 20.2 Å². The van der Waals surface area contributed by atoms with E-state index in [-0.39, 0.29) is 5.78 Å². The van der Waals surface area contributed by atoms with Gasteiger partial charge in [0.2, 0.25) is 0 Å². The van der Waals surface area contributed by atoms with E-state index in [1.165, 1.54) is 0 Å². The minimum atomic E-state index is 0.106. The maximum absolute atomic E-state index is 11.5. The summed E-state index contributed by atoms with van der Waals surface area (Å²) in [6.07, 6.45) is 0. The summed E-state index contributed by atoms with van der Waals surface area (Å²) in [6, 6.07) is 7.13. The quantitative estimate of drug-likeness (QED) is 0.720. The maximum Gasteiger partial charge on any atom is 0.176 e. The summed E-state index contributed by atoms with van der Waals surface area (Å²) >= 11 is 0. The topological polar surface area (TPSA) is 38.3 Å². The van der Waals surface area contributed by atoms with Crippen molar-refractivity contribution < 1.29 is 9.53 Å². The molecule has 1 N–H and O–H groups in total. The van der Waals surface area contributed by atoms with E-state index in [1.807, 2.05) is 6.92 Å². The number of hydrogen-bond donors (Lipinski definition) is 1. The zero-order chi connectivity index (χ0) is 10.4. The van der Waals surface area contributed by atoms with Gasteiger partial charge >= 0.3 is 0 Å². The van der Waals surface area contributed by atoms with Crippen molar-refractivity contribution in [1.29, 1.82) is 0 Å². The van der Waals surface area contributed by atoms with E-state index in [0.717, 1.165) is 12.3 Å². The molecule has 0 amide bonds. The molecular formula is C11H15NO2. The maximum atomic E-state index is 11.5. The molecule has 0 bridgehead atoms. The van der Waals surface area contributed by atoms with Gasteiger partial charge in [-0.25, -0.2) is 0 Å². The minimum absolute atomic E-state index is 0.106. The Balaban J connectivity index is 2.62. The van der Waals surface area contributed by atoms with E-state index in [0.29, 0.717) is 12.1 Å². The van der Waals surface area contributed by atoms with E-state index in [2.05, 4.69) is 5.32 Å². The highest BCUT2D eigenvalue weighted by molar-refractivity contribution is 5.97. The summed E-state index contributed by atoms with van der Waals surface area (Å²) in [5.41, 5.74) is 0.715. The van der Waals surface area contributed by atoms with Crippen LogP contribution in [-0.4, -0.2) is 26.0 Å². The van der Waals surface area contributed by atoms with E-state index >= 15 is 0 Å². The zero-order valence-electron chi connectivity index (χ0n) is 8.54. The molecule has 3 heteroatoms. The van der Waals surface area contributed by atoms with Crippen LogP contribution >= 0.6 is 0 Å². The molecule has 0 aliphatic rings. The van der Waals surface area contributed by atoms with Gasteiger partial charge in [0, 0.05) is 5.56 Å². The fraction of sp³-hybridized carbons (Fsp3) is 0.364. The van der Waals surface area contributed by atoms with Crippen LogP contribution in [0.25, 0.3) is 0 Å². The second kappa shape index (κ2) is 5.40. The average molecular weight is 193 g/mol. The Bertz CT molecular complexity index is 293. The normalized spacial score (nSPS) is 9.86. The summed E-state index contributed by atoms with van der Waals surface area (Å²) in [5.74, 6) is 0.875. The second-order valence-corrected chi connectivity index (χ2v) is 2.93. The Morgan fingerprint density at radius 2 is 2.00 bits per heavy atom. The molecule has 1 rings (SSSR count). The highest BCUT2D eigenvalue weighted by Crippen LogP contribution is 2.11. The van der Waals surface area contributed by atoms with Crippen LogP contribution in [0.1, 0.15) is 17.3 Å². The van der Waals surface area contributed by atoms with E-state index in [9.17, 15) is 4.79 Å². The van der Waals surface area contributed by atoms with Gasteiger partial charge in [0.1, 0.15) is 5.75 Å². The van der Waals surface area contributed by atoms with E-state index in [4.69, 9.17) is 4.74 Å². The van der Waals surface area contributed by atoms with Gasteiger partial charge in [-0.1, -0.05) is 6.92 Å². The number of rotatable bonds is 5. The van der Waals surface area contributed by atoms with Crippen molar-refractivity contribution in [2.24, 2.45) is 0 Å². The first-order chi connectivity index (χ1) is 6.77. The summed E-state index contributed by atoms with van der Waals surface area (Å²) in [7, 11) is 1.61. The fourth-order valence-corrected chi connectivity index (χ4v) is 1.12. The third kappa shape index (κ3) is 2.85. The molecule has 0 fully saturated rings. The SMILES string of the molecule is CCNCC(=O)c1ccc(OC)cc1. The molecule has 76 valence electrons. The zero-order valence-corrected chi connectivity index (χ0v) is 8.54. The summed E-state index contributed by atoms with van der Waals surface area (Å²) in [5, 5.41) is 2.99. The lowest BCUT2D eigenvalue weighted by atomic mass is 10.1. The van der Waals surface area contributed by atoms with Crippen molar-refractivity contribution >= 4 is 5.78 Å². The molecule has 0 aliphatic carbocycles. The number of nitrogens with one attached hydrogen (secondary N) is 1. The number of ketones is 1. The number of carbonyl (C=O) groups is 1. The van der Waals surface area contributed by atoms with Crippen molar-refractivity contribution in [3.8, 4) is 5.75 Å². The molecule has 0 aromatic heterocycles. The Morgan fingerprint density at radius 1 is 1.36 bits per heavy atom. The fourth-order valence-electron chi connectivity index (χ4n) is 1.12. The lowest BCUT2D eigenvalue weighted by molar-refractivity contribution is 0.0992. The highest BCUT2D eigenvalue weighted by atomic mass is 16.5. The van der Waals surface area contributed by atoms with Gasteiger partial charge in [0.05, 0.1) is 13.7 Å². The Morgan fingerprint density at radius 3 is 2.50 bits per heavy atom. The molecule has 1 aromatic rings. The Labute approximate surface area is 84.1 Å². The Hall–Kier alpha value is -1.35. The molecule has 0 saturated heterocycles. The van der Waals surface area contributed by atoms with Gasteiger partial charge in [-0.05, 0) is 30.8 Å². The van der Waals surface area contributed by atoms with Crippen LogP contribution < -0.4 is 10.1 Å². The number of ether oxygens (including phenoxy) is 1. The number of Topliss-reactive ketones (excluding diaryl/α,β-unsaturated/α-hetero) is 1. The molecule has 14 heavy (non-hydrogen) atoms. The largest absolute Gasteiger partial charge is 0.497 e. The van der Waals surface area contributed by atoms with Gasteiger partial charge in [0.25, 0.3) is 0 Å². The minimum Gasteiger partial charge on any atom is -0.497 e. The van der Waals surface area contributed by atoms with Crippen LogP contribution in [-0.2, 0) is 0 Å². The predicted octanol–water partition coefficient (Wildman–Crippen LogP) is 1.49. The number of methoxy groups -OCH3 is 1. The molecule has 3 nitrogen and oxygen atoms in total. The first kappa shape index (κ1) is 10.7. The van der Waals surface area contributed by atoms with Crippen LogP contribution in [0.15, 0.2) is 24.3 Å². The molecule has 0 saturated carbocycles. The molecule has 0 heterocycles. The smallest absolute Gasteiger partial charge is 0.176 e. The first-order valence-electron chi connectivity index (χ1n) is 4.66. The van der Waals surface area contributed by atoms with Crippen molar-refractivity contribution in [3.63, 3.8) is 0 Å². The first-order valence-corrected chi connectivity index (χ1v) is 4.66. The second-order valence-electron chi connectivity index (χ2n) is 2.93. The molecule has 0 radical (unpaired) electrons. The average Bonchev–Trinajstić information content (AvgIpc) is 2.26. The number of carbonyl (C=O) groups excluding carboxylic acids is 1. The summed E-state index contributed by atoms with van der Waals surface area (Å²) < 4.78 is 5.00. The number of benzene rings is 1. The monoisotopic (exact) mass is 193 g/mol. The third-order valence-electron chi connectivity index (χ3n) is 1.95. The van der Waals surface area contributed by atoms with Crippen LogP contribution in [0.3, 0.4) is 0 Å². The molecule has 0 spiro atoms. The number of hydrogen-bond acceptors (Lipinski definition) is 3. The highest BCUT2D eigenvalue weighted by Gasteiger charge is 2.03. The van der Waals surface area contributed by atoms with Crippen LogP contribution in [0.5, 0.6) is 5.75 Å². The molecule has 0 aliphatic heterocycles.